The number of nitrogens with zero attached hydrogens (tertiary/aromatic N) is 1. The number of likely N-dealkylation sites (tertiary alicyclic amines) is 1. The first-order chi connectivity index (χ1) is 12.0. The van der Waals surface area contributed by atoms with Crippen molar-refractivity contribution in [2.75, 3.05) is 40.5 Å². The molecule has 138 valence electrons. The molecule has 2 amide bonds. The maximum Gasteiger partial charge on any atom is 0.257 e. The summed E-state index contributed by atoms with van der Waals surface area (Å²) >= 11 is 0. The van der Waals surface area contributed by atoms with Crippen LogP contribution >= 0.6 is 0 Å². The number of benzene rings is 1. The highest BCUT2D eigenvalue weighted by Crippen LogP contribution is 2.27. The van der Waals surface area contributed by atoms with Gasteiger partial charge in [0.1, 0.15) is 5.75 Å². The van der Waals surface area contributed by atoms with E-state index < -0.39 is 11.6 Å². The molecular weight excluding hydrogens is 327 g/mol. The monoisotopic (exact) mass is 352 g/mol. The van der Waals surface area contributed by atoms with Crippen LogP contribution < -0.4 is 10.1 Å². The average molecular weight is 352 g/mol. The largest absolute Gasteiger partial charge is 0.497 e. The fourth-order valence-corrected chi connectivity index (χ4v) is 2.83. The van der Waals surface area contributed by atoms with Crippen molar-refractivity contribution in [3.05, 3.63) is 29.8 Å². The lowest BCUT2D eigenvalue weighted by Crippen LogP contribution is -2.52. The smallest absolute Gasteiger partial charge is 0.257 e. The molecule has 25 heavy (non-hydrogen) atoms. The standard InChI is InChI=1S/C18H25FN2O4/c1-24-11-8-20-17(23)18(19)6-9-21(10-7-18)16(22)13-14-4-3-5-15(12-14)25-2/h3-5,12H,6-11,13H2,1-2H3,(H,20,23). The van der Waals surface area contributed by atoms with E-state index in [0.717, 1.165) is 5.56 Å². The molecule has 2 rings (SSSR count). The molecule has 7 heteroatoms. The predicted octanol–water partition coefficient (Wildman–Crippen LogP) is 1.33. The number of carbonyl (C=O) groups excluding carboxylic acids is 2. The molecule has 0 unspecified atom stereocenters. The van der Waals surface area contributed by atoms with Gasteiger partial charge in [-0.3, -0.25) is 9.59 Å². The summed E-state index contributed by atoms with van der Waals surface area (Å²) in [5, 5.41) is 2.53. The van der Waals surface area contributed by atoms with Gasteiger partial charge in [0.05, 0.1) is 20.1 Å². The van der Waals surface area contributed by atoms with Crippen LogP contribution in [0.4, 0.5) is 4.39 Å². The molecule has 0 atom stereocenters. The highest BCUT2D eigenvalue weighted by molar-refractivity contribution is 5.86. The Morgan fingerprint density at radius 3 is 2.64 bits per heavy atom. The van der Waals surface area contributed by atoms with Crippen LogP contribution in [-0.4, -0.2) is 62.8 Å². The molecule has 1 aromatic carbocycles. The van der Waals surface area contributed by atoms with Gasteiger partial charge in [0.2, 0.25) is 5.91 Å². The molecule has 0 saturated carbocycles. The van der Waals surface area contributed by atoms with Gasteiger partial charge in [-0.25, -0.2) is 4.39 Å². The normalized spacial score (nSPS) is 16.4. The number of rotatable bonds is 7. The van der Waals surface area contributed by atoms with E-state index in [0.29, 0.717) is 12.4 Å². The van der Waals surface area contributed by atoms with Gasteiger partial charge in [-0.15, -0.1) is 0 Å². The van der Waals surface area contributed by atoms with E-state index in [1.165, 1.54) is 7.11 Å². The summed E-state index contributed by atoms with van der Waals surface area (Å²) in [6.07, 6.45) is 0.252. The zero-order valence-corrected chi connectivity index (χ0v) is 14.7. The Hall–Kier alpha value is -2.15. The average Bonchev–Trinajstić information content (AvgIpc) is 2.62. The van der Waals surface area contributed by atoms with Crippen molar-refractivity contribution < 1.29 is 23.5 Å². The molecule has 1 aliphatic rings. The minimum atomic E-state index is -1.92. The minimum absolute atomic E-state index is 0.00959. The van der Waals surface area contributed by atoms with E-state index in [1.807, 2.05) is 24.3 Å². The van der Waals surface area contributed by atoms with E-state index in [-0.39, 0.29) is 44.8 Å². The van der Waals surface area contributed by atoms with Crippen molar-refractivity contribution in [3.63, 3.8) is 0 Å². The van der Waals surface area contributed by atoms with Crippen molar-refractivity contribution >= 4 is 11.8 Å². The number of alkyl halides is 1. The number of carbonyl (C=O) groups is 2. The third kappa shape index (κ3) is 5.16. The Morgan fingerprint density at radius 1 is 1.28 bits per heavy atom. The number of amides is 2. The second-order valence-electron chi connectivity index (χ2n) is 6.12. The predicted molar refractivity (Wildman–Crippen MR) is 91.2 cm³/mol. The van der Waals surface area contributed by atoms with Crippen LogP contribution in [0, 0.1) is 0 Å². The molecule has 6 nitrogen and oxygen atoms in total. The second kappa shape index (κ2) is 8.80. The SMILES string of the molecule is COCCNC(=O)C1(F)CCN(C(=O)Cc2cccc(OC)c2)CC1. The van der Waals surface area contributed by atoms with Gasteiger partial charge >= 0.3 is 0 Å². The van der Waals surface area contributed by atoms with E-state index in [9.17, 15) is 14.0 Å². The molecule has 1 fully saturated rings. The first kappa shape index (κ1) is 19.2. The van der Waals surface area contributed by atoms with E-state index in [1.54, 1.807) is 12.0 Å². The maximum atomic E-state index is 14.7. The summed E-state index contributed by atoms with van der Waals surface area (Å²) in [7, 11) is 3.09. The summed E-state index contributed by atoms with van der Waals surface area (Å²) in [6, 6.07) is 7.31. The van der Waals surface area contributed by atoms with Crippen LogP contribution in [0.2, 0.25) is 0 Å². The number of nitrogens with one attached hydrogen (secondary N) is 1. The summed E-state index contributed by atoms with van der Waals surface area (Å²) in [4.78, 5) is 26.0. The Kier molecular flexibility index (Phi) is 6.75. The Balaban J connectivity index is 1.86. The summed E-state index contributed by atoms with van der Waals surface area (Å²) < 4.78 is 24.7. The highest BCUT2D eigenvalue weighted by atomic mass is 19.1. The Bertz CT molecular complexity index is 600. The lowest BCUT2D eigenvalue weighted by atomic mass is 9.92. The number of hydrogen-bond donors (Lipinski definition) is 1. The quantitative estimate of drug-likeness (QED) is 0.752. The lowest BCUT2D eigenvalue weighted by Gasteiger charge is -2.35. The lowest BCUT2D eigenvalue weighted by molar-refractivity contribution is -0.142. The number of piperidine rings is 1. The van der Waals surface area contributed by atoms with Gasteiger partial charge in [-0.1, -0.05) is 12.1 Å². The zero-order valence-electron chi connectivity index (χ0n) is 14.7. The van der Waals surface area contributed by atoms with Crippen molar-refractivity contribution in [2.45, 2.75) is 24.9 Å². The van der Waals surface area contributed by atoms with Crippen LogP contribution in [0.1, 0.15) is 18.4 Å². The molecule has 1 heterocycles. The number of ether oxygens (including phenoxy) is 2. The minimum Gasteiger partial charge on any atom is -0.497 e. The highest BCUT2D eigenvalue weighted by Gasteiger charge is 2.42. The molecular formula is C18H25FN2O4. The maximum absolute atomic E-state index is 14.7. The zero-order chi connectivity index (χ0) is 18.3. The van der Waals surface area contributed by atoms with Crippen molar-refractivity contribution in [2.24, 2.45) is 0 Å². The van der Waals surface area contributed by atoms with E-state index >= 15 is 0 Å². The first-order valence-corrected chi connectivity index (χ1v) is 8.35. The summed E-state index contributed by atoms with van der Waals surface area (Å²) in [5.74, 6) is -0.000937. The van der Waals surface area contributed by atoms with Crippen molar-refractivity contribution in [1.82, 2.24) is 10.2 Å². The van der Waals surface area contributed by atoms with Gasteiger partial charge < -0.3 is 19.7 Å². The third-order valence-electron chi connectivity index (χ3n) is 4.40. The fraction of sp³-hybridized carbons (Fsp3) is 0.556. The molecule has 1 N–H and O–H groups in total. The van der Waals surface area contributed by atoms with Crippen LogP contribution in [0.15, 0.2) is 24.3 Å². The van der Waals surface area contributed by atoms with Crippen molar-refractivity contribution in [3.8, 4) is 5.75 Å². The Morgan fingerprint density at radius 2 is 2.00 bits per heavy atom. The number of halogens is 1. The Labute approximate surface area is 147 Å². The molecule has 1 aliphatic heterocycles. The van der Waals surface area contributed by atoms with Crippen molar-refractivity contribution in [1.29, 1.82) is 0 Å². The summed E-state index contributed by atoms with van der Waals surface area (Å²) in [6.45, 7) is 1.08. The molecule has 1 saturated heterocycles. The van der Waals surface area contributed by atoms with Crippen LogP contribution in [0.3, 0.4) is 0 Å². The molecule has 0 aromatic heterocycles. The van der Waals surface area contributed by atoms with Gasteiger partial charge in [0, 0.05) is 39.6 Å². The first-order valence-electron chi connectivity index (χ1n) is 8.35. The molecule has 0 bridgehead atoms. The van der Waals surface area contributed by atoms with Crippen LogP contribution in [-0.2, 0) is 20.7 Å². The second-order valence-corrected chi connectivity index (χ2v) is 6.12. The molecule has 0 spiro atoms. The number of methoxy groups -OCH3 is 2. The van der Waals surface area contributed by atoms with Crippen LogP contribution in [0.5, 0.6) is 5.75 Å². The molecule has 1 aromatic rings. The van der Waals surface area contributed by atoms with E-state index in [4.69, 9.17) is 9.47 Å². The van der Waals surface area contributed by atoms with Gasteiger partial charge in [-0.05, 0) is 17.7 Å². The summed E-state index contributed by atoms with van der Waals surface area (Å²) in [5.41, 5.74) is -1.07. The van der Waals surface area contributed by atoms with Gasteiger partial charge in [0.25, 0.3) is 5.91 Å². The van der Waals surface area contributed by atoms with E-state index in [2.05, 4.69) is 5.32 Å². The molecule has 0 radical (unpaired) electrons. The topological polar surface area (TPSA) is 67.9 Å². The van der Waals surface area contributed by atoms with Crippen LogP contribution in [0.25, 0.3) is 0 Å². The fourth-order valence-electron chi connectivity index (χ4n) is 2.83. The van der Waals surface area contributed by atoms with Gasteiger partial charge in [-0.2, -0.15) is 0 Å². The number of hydrogen-bond acceptors (Lipinski definition) is 4. The van der Waals surface area contributed by atoms with Gasteiger partial charge in [0.15, 0.2) is 5.67 Å². The molecule has 0 aliphatic carbocycles. The third-order valence-corrected chi connectivity index (χ3v) is 4.40.